The number of rotatable bonds is 55. The van der Waals surface area contributed by atoms with Crippen molar-refractivity contribution in [1.29, 1.82) is 0 Å². The zero-order valence-electron chi connectivity index (χ0n) is 47.1. The average molecular weight is 1100 g/mol. The molecule has 0 aromatic carbocycles. The van der Waals surface area contributed by atoms with E-state index in [0.717, 1.165) is 19.3 Å². The third kappa shape index (κ3) is 35.4. The van der Waals surface area contributed by atoms with Crippen molar-refractivity contribution >= 4 is 0 Å². The lowest BCUT2D eigenvalue weighted by Gasteiger charge is -2.32. The third-order valence-corrected chi connectivity index (χ3v) is 11.5. The van der Waals surface area contributed by atoms with Crippen molar-refractivity contribution in [2.24, 2.45) is 11.8 Å². The van der Waals surface area contributed by atoms with Crippen LogP contribution in [0.25, 0.3) is 0 Å². The lowest BCUT2D eigenvalue weighted by molar-refractivity contribution is -0.245. The number of aliphatic hydroxyl groups is 6. The van der Waals surface area contributed by atoms with Crippen molar-refractivity contribution in [1.82, 2.24) is 0 Å². The summed E-state index contributed by atoms with van der Waals surface area (Å²) in [6.07, 6.45) is -3.49. The maximum absolute atomic E-state index is 10.5. The molecule has 23 nitrogen and oxygen atoms in total. The second kappa shape index (κ2) is 46.8. The predicted molar refractivity (Wildman–Crippen MR) is 275 cm³/mol. The number of methoxy groups -OCH3 is 1. The first kappa shape index (κ1) is 72.1. The molecular weight excluding hydrogens is 993 g/mol. The van der Waals surface area contributed by atoms with Crippen LogP contribution < -0.4 is 0 Å². The van der Waals surface area contributed by atoms with Gasteiger partial charge < -0.3 is 111 Å². The van der Waals surface area contributed by atoms with Crippen LogP contribution in [0.1, 0.15) is 74.7 Å². The quantitative estimate of drug-likeness (QED) is 0.0467. The number of ether oxygens (including phenoxy) is 17. The minimum atomic E-state index is -1.19. The summed E-state index contributed by atoms with van der Waals surface area (Å²) in [6.45, 7) is 17.3. The highest BCUT2D eigenvalue weighted by atomic mass is 16.8. The van der Waals surface area contributed by atoms with Crippen molar-refractivity contribution < 1.29 is 111 Å². The van der Waals surface area contributed by atoms with Gasteiger partial charge in [-0.15, -0.1) is 0 Å². The van der Waals surface area contributed by atoms with Gasteiger partial charge in [-0.2, -0.15) is 0 Å². The highest BCUT2D eigenvalue weighted by Crippen LogP contribution is 2.30. The largest absolute Gasteiger partial charge is 0.396 e. The minimum absolute atomic E-state index is 0.0110. The first-order valence-corrected chi connectivity index (χ1v) is 27.2. The SMILES string of the molecule is CCCCOC(COCC(CO)OCC(C)C)COC(COCC(CO)OCCOCC(CO)COC(C)C)COC(CO)COCC(COC(CO)C1(C)OCC(CC)O1)OCC(CO)OCC(COC)OCC. The van der Waals surface area contributed by atoms with Gasteiger partial charge in [0.1, 0.15) is 54.9 Å². The molecule has 0 amide bonds. The van der Waals surface area contributed by atoms with Crippen LogP contribution in [0.2, 0.25) is 0 Å². The van der Waals surface area contributed by atoms with E-state index in [2.05, 4.69) is 6.92 Å². The third-order valence-electron chi connectivity index (χ3n) is 11.5. The molecule has 0 aliphatic carbocycles. The average Bonchev–Trinajstić information content (AvgIpc) is 3.80. The molecular formula is C52H104O23. The summed E-state index contributed by atoms with van der Waals surface area (Å²) in [5.74, 6) is -1.07. The van der Waals surface area contributed by atoms with Crippen molar-refractivity contribution in [3.05, 3.63) is 0 Å². The Kier molecular flexibility index (Phi) is 45.0. The van der Waals surface area contributed by atoms with Gasteiger partial charge in [-0.1, -0.05) is 34.1 Å². The van der Waals surface area contributed by atoms with Crippen LogP contribution in [-0.2, 0) is 80.5 Å². The Morgan fingerprint density at radius 1 is 0.453 bits per heavy atom. The van der Waals surface area contributed by atoms with Crippen LogP contribution in [0.5, 0.6) is 0 Å². The Bertz CT molecular complexity index is 1240. The van der Waals surface area contributed by atoms with Gasteiger partial charge in [-0.25, -0.2) is 0 Å². The molecule has 450 valence electrons. The van der Waals surface area contributed by atoms with Crippen LogP contribution >= 0.6 is 0 Å². The fraction of sp³-hybridized carbons (Fsp3) is 1.00. The zero-order valence-corrected chi connectivity index (χ0v) is 47.1. The molecule has 1 saturated heterocycles. The topological polar surface area (TPSA) is 278 Å². The van der Waals surface area contributed by atoms with Gasteiger partial charge in [-0.3, -0.25) is 0 Å². The zero-order chi connectivity index (χ0) is 55.5. The summed E-state index contributed by atoms with van der Waals surface area (Å²) in [4.78, 5) is 0. The van der Waals surface area contributed by atoms with Gasteiger partial charge in [-0.05, 0) is 46.5 Å². The summed E-state index contributed by atoms with van der Waals surface area (Å²) >= 11 is 0. The first-order valence-electron chi connectivity index (χ1n) is 27.2. The molecule has 0 radical (unpaired) electrons. The molecule has 1 aliphatic heterocycles. The molecule has 0 bridgehead atoms. The maximum atomic E-state index is 10.5. The molecule has 75 heavy (non-hydrogen) atoms. The Labute approximate surface area is 448 Å². The molecule has 0 aromatic rings. The van der Waals surface area contributed by atoms with Crippen molar-refractivity contribution in [2.75, 3.05) is 179 Å². The van der Waals surface area contributed by atoms with E-state index in [0.29, 0.717) is 52.2 Å². The van der Waals surface area contributed by atoms with E-state index in [1.165, 1.54) is 0 Å². The second-order valence-corrected chi connectivity index (χ2v) is 19.4. The number of hydrogen-bond acceptors (Lipinski definition) is 23. The molecule has 0 saturated carbocycles. The fourth-order valence-corrected chi connectivity index (χ4v) is 6.93. The smallest absolute Gasteiger partial charge is 0.194 e. The van der Waals surface area contributed by atoms with E-state index in [4.69, 9.17) is 80.5 Å². The monoisotopic (exact) mass is 1100 g/mol. The molecule has 6 N–H and O–H groups in total. The lowest BCUT2D eigenvalue weighted by atomic mass is 10.2. The van der Waals surface area contributed by atoms with Crippen LogP contribution in [0.4, 0.5) is 0 Å². The standard InChI is InChI=1S/C52H104O23/c1-10-13-14-65-48(30-62-28-44(19-55)68-23-39(4)5)35-72-49(31-61-27-43(18-54)66-16-15-60-24-41(17-53)25-67-40(6)7)36-69-45(20-56)29-63-32-50(37-73-51(22-58)52(8)74-38-42(11-2)75-52)71-33-46(21-57)70-34-47(26-59-9)64-12-3/h39-51,53-58H,10-38H2,1-9H3. The lowest BCUT2D eigenvalue weighted by Crippen LogP contribution is -2.47. The Balaban J connectivity index is 3.10. The molecule has 1 rings (SSSR count). The van der Waals surface area contributed by atoms with Gasteiger partial charge >= 0.3 is 0 Å². The summed E-state index contributed by atoms with van der Waals surface area (Å²) < 4.78 is 101. The summed E-state index contributed by atoms with van der Waals surface area (Å²) in [7, 11) is 1.57. The van der Waals surface area contributed by atoms with Crippen LogP contribution in [0, 0.1) is 11.8 Å². The van der Waals surface area contributed by atoms with Gasteiger partial charge in [0, 0.05) is 32.8 Å². The minimum Gasteiger partial charge on any atom is -0.396 e. The summed E-state index contributed by atoms with van der Waals surface area (Å²) in [6, 6.07) is 0. The van der Waals surface area contributed by atoms with E-state index in [1.807, 2.05) is 41.5 Å². The van der Waals surface area contributed by atoms with Crippen molar-refractivity contribution in [2.45, 2.75) is 148 Å². The van der Waals surface area contributed by atoms with Gasteiger partial charge in [0.05, 0.1) is 164 Å². The van der Waals surface area contributed by atoms with E-state index in [9.17, 15) is 30.6 Å². The van der Waals surface area contributed by atoms with E-state index >= 15 is 0 Å². The molecule has 1 aliphatic rings. The molecule has 1 heterocycles. The molecule has 12 unspecified atom stereocenters. The Hall–Kier alpha value is -0.920. The molecule has 0 aromatic heterocycles. The van der Waals surface area contributed by atoms with Crippen LogP contribution in [-0.4, -0.2) is 282 Å². The summed E-state index contributed by atoms with van der Waals surface area (Å²) in [5, 5.41) is 60.6. The Morgan fingerprint density at radius 3 is 1.39 bits per heavy atom. The normalized spacial score (nSPS) is 20.4. The predicted octanol–water partition coefficient (Wildman–Crippen LogP) is 1.18. The van der Waals surface area contributed by atoms with E-state index < -0.39 is 67.8 Å². The fourth-order valence-electron chi connectivity index (χ4n) is 6.93. The second-order valence-electron chi connectivity index (χ2n) is 19.4. The number of aliphatic hydroxyl groups excluding tert-OH is 6. The highest BCUT2D eigenvalue weighted by molar-refractivity contribution is 4.83. The van der Waals surface area contributed by atoms with Gasteiger partial charge in [0.15, 0.2) is 5.79 Å². The first-order chi connectivity index (χ1) is 36.3. The molecule has 23 heteroatoms. The van der Waals surface area contributed by atoms with Gasteiger partial charge in [0.25, 0.3) is 0 Å². The molecule has 0 spiro atoms. The summed E-state index contributed by atoms with van der Waals surface area (Å²) in [5.41, 5.74) is 0. The van der Waals surface area contributed by atoms with Crippen LogP contribution in [0.15, 0.2) is 0 Å². The maximum Gasteiger partial charge on any atom is 0.194 e. The van der Waals surface area contributed by atoms with Crippen molar-refractivity contribution in [3.63, 3.8) is 0 Å². The molecule has 12 atom stereocenters. The molecule has 1 fully saturated rings. The van der Waals surface area contributed by atoms with E-state index in [1.54, 1.807) is 14.0 Å². The van der Waals surface area contributed by atoms with Crippen molar-refractivity contribution in [3.8, 4) is 0 Å². The Morgan fingerprint density at radius 2 is 0.920 bits per heavy atom. The number of hydrogen-bond donors (Lipinski definition) is 6. The van der Waals surface area contributed by atoms with Crippen LogP contribution in [0.3, 0.4) is 0 Å². The highest BCUT2D eigenvalue weighted by Gasteiger charge is 2.44. The van der Waals surface area contributed by atoms with Gasteiger partial charge in [0.2, 0.25) is 0 Å². The number of unbranched alkanes of at least 4 members (excludes halogenated alkanes) is 1. The van der Waals surface area contributed by atoms with E-state index in [-0.39, 0.29) is 137 Å².